The van der Waals surface area contributed by atoms with Gasteiger partial charge in [0.05, 0.1) is 5.60 Å². The van der Waals surface area contributed by atoms with Crippen LogP contribution in [0.3, 0.4) is 0 Å². The number of carboxylic acid groups (broad SMARTS) is 1. The Hall–Kier alpha value is -0.860. The largest absolute Gasteiger partial charge is 0.481 e. The maximum Gasteiger partial charge on any atom is 0.403 e. The monoisotopic (exact) mass is 271 g/mol. The van der Waals surface area contributed by atoms with Gasteiger partial charge in [-0.05, 0) is 0 Å². The SMILES string of the molecule is O=C(O)C(CNCC1(O)CCOCC1)C(F)(F)F. The van der Waals surface area contributed by atoms with Crippen molar-refractivity contribution in [2.75, 3.05) is 26.3 Å². The zero-order valence-corrected chi connectivity index (χ0v) is 9.66. The first kappa shape index (κ1) is 15.2. The van der Waals surface area contributed by atoms with Crippen molar-refractivity contribution in [1.29, 1.82) is 0 Å². The summed E-state index contributed by atoms with van der Waals surface area (Å²) in [7, 11) is 0. The van der Waals surface area contributed by atoms with Gasteiger partial charge in [0.2, 0.25) is 0 Å². The van der Waals surface area contributed by atoms with Crippen LogP contribution in [0.2, 0.25) is 0 Å². The molecule has 0 aromatic carbocycles. The normalized spacial score (nSPS) is 21.6. The summed E-state index contributed by atoms with van der Waals surface area (Å²) < 4.78 is 42.0. The van der Waals surface area contributed by atoms with E-state index < -0.39 is 30.2 Å². The fourth-order valence-corrected chi connectivity index (χ4v) is 1.72. The fourth-order valence-electron chi connectivity index (χ4n) is 1.72. The molecule has 0 aromatic rings. The molecule has 0 saturated carbocycles. The quantitative estimate of drug-likeness (QED) is 0.674. The molecule has 1 heterocycles. The van der Waals surface area contributed by atoms with Crippen molar-refractivity contribution in [3.8, 4) is 0 Å². The van der Waals surface area contributed by atoms with E-state index >= 15 is 0 Å². The lowest BCUT2D eigenvalue weighted by atomic mass is 9.94. The average Bonchev–Trinajstić information content (AvgIpc) is 2.23. The first-order valence-electron chi connectivity index (χ1n) is 5.55. The number of carboxylic acids is 1. The number of alkyl halides is 3. The summed E-state index contributed by atoms with van der Waals surface area (Å²) in [4.78, 5) is 10.5. The van der Waals surface area contributed by atoms with E-state index in [1.54, 1.807) is 0 Å². The van der Waals surface area contributed by atoms with E-state index in [1.807, 2.05) is 0 Å². The van der Waals surface area contributed by atoms with Gasteiger partial charge in [-0.2, -0.15) is 13.2 Å². The van der Waals surface area contributed by atoms with Crippen molar-refractivity contribution in [3.63, 3.8) is 0 Å². The van der Waals surface area contributed by atoms with E-state index in [9.17, 15) is 23.1 Å². The molecule has 0 aromatic heterocycles. The van der Waals surface area contributed by atoms with E-state index in [4.69, 9.17) is 9.84 Å². The van der Waals surface area contributed by atoms with Crippen LogP contribution in [0.5, 0.6) is 0 Å². The molecule has 0 spiro atoms. The lowest BCUT2D eigenvalue weighted by Gasteiger charge is -2.32. The van der Waals surface area contributed by atoms with Gasteiger partial charge in [-0.1, -0.05) is 0 Å². The van der Waals surface area contributed by atoms with Gasteiger partial charge >= 0.3 is 12.1 Å². The van der Waals surface area contributed by atoms with Crippen LogP contribution in [-0.2, 0) is 9.53 Å². The third kappa shape index (κ3) is 4.43. The number of halogens is 3. The lowest BCUT2D eigenvalue weighted by Crippen LogP contribution is -2.48. The van der Waals surface area contributed by atoms with Gasteiger partial charge in [0, 0.05) is 39.1 Å². The van der Waals surface area contributed by atoms with Crippen molar-refractivity contribution in [3.05, 3.63) is 0 Å². The van der Waals surface area contributed by atoms with Gasteiger partial charge in [0.25, 0.3) is 0 Å². The summed E-state index contributed by atoms with van der Waals surface area (Å²) in [6.07, 6.45) is -4.15. The van der Waals surface area contributed by atoms with Crippen LogP contribution in [0.4, 0.5) is 13.2 Å². The number of hydrogen-bond acceptors (Lipinski definition) is 4. The summed E-state index contributed by atoms with van der Waals surface area (Å²) in [5.74, 6) is -4.38. The highest BCUT2D eigenvalue weighted by Crippen LogP contribution is 2.26. The first-order valence-corrected chi connectivity index (χ1v) is 5.55. The molecule has 1 atom stereocenters. The zero-order chi connectivity index (χ0) is 13.8. The molecule has 0 amide bonds. The summed E-state index contributed by atoms with van der Waals surface area (Å²) >= 11 is 0. The number of hydrogen-bond donors (Lipinski definition) is 3. The molecule has 1 unspecified atom stereocenters. The molecule has 18 heavy (non-hydrogen) atoms. The van der Waals surface area contributed by atoms with E-state index in [1.165, 1.54) is 0 Å². The molecule has 3 N–H and O–H groups in total. The third-order valence-electron chi connectivity index (χ3n) is 2.92. The number of rotatable bonds is 5. The minimum Gasteiger partial charge on any atom is -0.481 e. The number of carbonyl (C=O) groups is 1. The van der Waals surface area contributed by atoms with E-state index in [2.05, 4.69) is 5.32 Å². The Morgan fingerprint density at radius 2 is 1.94 bits per heavy atom. The first-order chi connectivity index (χ1) is 8.25. The van der Waals surface area contributed by atoms with E-state index in [-0.39, 0.29) is 6.54 Å². The zero-order valence-electron chi connectivity index (χ0n) is 9.66. The molecule has 1 aliphatic heterocycles. The van der Waals surface area contributed by atoms with Crippen molar-refractivity contribution >= 4 is 5.97 Å². The minimum atomic E-state index is -4.79. The van der Waals surface area contributed by atoms with E-state index in [0.717, 1.165) is 0 Å². The Balaban J connectivity index is 2.41. The maximum absolute atomic E-state index is 12.3. The summed E-state index contributed by atoms with van der Waals surface area (Å²) in [5.41, 5.74) is -1.12. The molecule has 1 saturated heterocycles. The highest BCUT2D eigenvalue weighted by molar-refractivity contribution is 5.71. The Morgan fingerprint density at radius 3 is 2.39 bits per heavy atom. The Bertz CT molecular complexity index is 289. The number of ether oxygens (including phenoxy) is 1. The van der Waals surface area contributed by atoms with Crippen LogP contribution in [-0.4, -0.2) is 54.3 Å². The topological polar surface area (TPSA) is 78.8 Å². The van der Waals surface area contributed by atoms with Gasteiger partial charge in [-0.25, -0.2) is 0 Å². The van der Waals surface area contributed by atoms with Crippen LogP contribution >= 0.6 is 0 Å². The summed E-state index contributed by atoms with van der Waals surface area (Å²) in [5, 5.41) is 20.8. The third-order valence-corrected chi connectivity index (χ3v) is 2.92. The van der Waals surface area contributed by atoms with Gasteiger partial charge in [-0.15, -0.1) is 0 Å². The fraction of sp³-hybridized carbons (Fsp3) is 0.900. The maximum atomic E-state index is 12.3. The van der Waals surface area contributed by atoms with Crippen molar-refractivity contribution in [1.82, 2.24) is 5.32 Å². The van der Waals surface area contributed by atoms with Crippen LogP contribution in [0, 0.1) is 5.92 Å². The van der Waals surface area contributed by atoms with Gasteiger partial charge in [0.1, 0.15) is 0 Å². The second kappa shape index (κ2) is 5.85. The molecule has 1 aliphatic rings. The summed E-state index contributed by atoms with van der Waals surface area (Å²) in [6, 6.07) is 0. The predicted octanol–water partition coefficient (Wildman–Crippen LogP) is 0.381. The molecule has 1 fully saturated rings. The number of aliphatic carboxylic acids is 1. The molecule has 0 aliphatic carbocycles. The Labute approximate surface area is 102 Å². The summed E-state index contributed by atoms with van der Waals surface area (Å²) in [6.45, 7) is -0.127. The number of aliphatic hydroxyl groups is 1. The van der Waals surface area contributed by atoms with Gasteiger partial charge < -0.3 is 20.3 Å². The van der Waals surface area contributed by atoms with Crippen molar-refractivity contribution < 1.29 is 32.9 Å². The molecule has 106 valence electrons. The standard InChI is InChI=1S/C10H16F3NO4/c11-10(12,13)7(8(15)16)5-14-6-9(17)1-3-18-4-2-9/h7,14,17H,1-6H2,(H,15,16). The van der Waals surface area contributed by atoms with E-state index in [0.29, 0.717) is 26.1 Å². The molecule has 8 heteroatoms. The number of nitrogens with one attached hydrogen (secondary N) is 1. The van der Waals surface area contributed by atoms with Crippen LogP contribution in [0.1, 0.15) is 12.8 Å². The Kier molecular flexibility index (Phi) is 4.94. The molecular formula is C10H16F3NO4. The van der Waals surface area contributed by atoms with Crippen LogP contribution in [0.15, 0.2) is 0 Å². The lowest BCUT2D eigenvalue weighted by molar-refractivity contribution is -0.193. The molecule has 0 radical (unpaired) electrons. The van der Waals surface area contributed by atoms with Crippen LogP contribution in [0.25, 0.3) is 0 Å². The highest BCUT2D eigenvalue weighted by atomic mass is 19.4. The highest BCUT2D eigenvalue weighted by Gasteiger charge is 2.45. The predicted molar refractivity (Wildman–Crippen MR) is 55.1 cm³/mol. The Morgan fingerprint density at radius 1 is 1.39 bits per heavy atom. The molecular weight excluding hydrogens is 255 g/mol. The molecule has 0 bridgehead atoms. The molecule has 1 rings (SSSR count). The molecule has 5 nitrogen and oxygen atoms in total. The average molecular weight is 271 g/mol. The minimum absolute atomic E-state index is 0.0732. The van der Waals surface area contributed by atoms with Crippen LogP contribution < -0.4 is 5.32 Å². The second-order valence-corrected chi connectivity index (χ2v) is 4.40. The van der Waals surface area contributed by atoms with Crippen molar-refractivity contribution in [2.24, 2.45) is 5.92 Å². The van der Waals surface area contributed by atoms with Crippen molar-refractivity contribution in [2.45, 2.75) is 24.6 Å². The smallest absolute Gasteiger partial charge is 0.403 e. The van der Waals surface area contributed by atoms with Gasteiger partial charge in [-0.3, -0.25) is 4.79 Å². The second-order valence-electron chi connectivity index (χ2n) is 4.40. The van der Waals surface area contributed by atoms with Gasteiger partial charge in [0.15, 0.2) is 5.92 Å².